The van der Waals surface area contributed by atoms with Gasteiger partial charge in [0.05, 0.1) is 12.5 Å². The fraction of sp³-hybridized carbons (Fsp3) is 0.217. The highest BCUT2D eigenvalue weighted by Gasteiger charge is 2.25. The van der Waals surface area contributed by atoms with Gasteiger partial charge in [-0.3, -0.25) is 9.78 Å². The van der Waals surface area contributed by atoms with E-state index in [0.717, 1.165) is 5.56 Å². The summed E-state index contributed by atoms with van der Waals surface area (Å²) in [5.41, 5.74) is 8.48. The molecule has 0 radical (unpaired) electrons. The molecule has 1 amide bonds. The van der Waals surface area contributed by atoms with Gasteiger partial charge in [0, 0.05) is 24.5 Å². The van der Waals surface area contributed by atoms with Crippen LogP contribution in [0.1, 0.15) is 28.3 Å². The number of carbonyl (C=O) groups is 1. The molecular formula is C23H22FN5O2. The van der Waals surface area contributed by atoms with Crippen molar-refractivity contribution in [3.63, 3.8) is 0 Å². The van der Waals surface area contributed by atoms with Crippen LogP contribution in [-0.2, 0) is 16.0 Å². The largest absolute Gasteiger partial charge is 0.474 e. The Labute approximate surface area is 179 Å². The van der Waals surface area contributed by atoms with Gasteiger partial charge in [-0.25, -0.2) is 14.4 Å². The van der Waals surface area contributed by atoms with Crippen LogP contribution in [0.15, 0.2) is 65.9 Å². The van der Waals surface area contributed by atoms with Gasteiger partial charge in [0.15, 0.2) is 0 Å². The lowest BCUT2D eigenvalue weighted by Crippen LogP contribution is -2.24. The Morgan fingerprint density at radius 3 is 2.84 bits per heavy atom. The summed E-state index contributed by atoms with van der Waals surface area (Å²) in [6.07, 6.45) is 3.83. The summed E-state index contributed by atoms with van der Waals surface area (Å²) in [5.74, 6) is -0.542. The zero-order valence-electron chi connectivity index (χ0n) is 16.8. The van der Waals surface area contributed by atoms with E-state index in [9.17, 15) is 9.18 Å². The summed E-state index contributed by atoms with van der Waals surface area (Å²) < 4.78 is 19.0. The van der Waals surface area contributed by atoms with Gasteiger partial charge >= 0.3 is 0 Å². The molecule has 0 spiro atoms. The predicted octanol–water partition coefficient (Wildman–Crippen LogP) is 2.66. The molecular weight excluding hydrogens is 397 g/mol. The summed E-state index contributed by atoms with van der Waals surface area (Å²) in [4.78, 5) is 25.5. The van der Waals surface area contributed by atoms with Crippen LogP contribution < -0.4 is 11.1 Å². The van der Waals surface area contributed by atoms with Crippen LogP contribution in [0.2, 0.25) is 0 Å². The molecule has 0 bridgehead atoms. The number of hydrogen-bond acceptors (Lipinski definition) is 6. The van der Waals surface area contributed by atoms with Crippen molar-refractivity contribution in [2.45, 2.75) is 12.3 Å². The lowest BCUT2D eigenvalue weighted by atomic mass is 9.91. The van der Waals surface area contributed by atoms with Crippen LogP contribution in [0, 0.1) is 5.82 Å². The van der Waals surface area contributed by atoms with Gasteiger partial charge in [0.1, 0.15) is 23.9 Å². The lowest BCUT2D eigenvalue weighted by Gasteiger charge is -2.19. The number of halogens is 1. The number of primary amides is 1. The van der Waals surface area contributed by atoms with Crippen LogP contribution in [0.5, 0.6) is 0 Å². The minimum absolute atomic E-state index is 0.278. The average molecular weight is 419 g/mol. The Bertz CT molecular complexity index is 1100. The summed E-state index contributed by atoms with van der Waals surface area (Å²) in [6.45, 7) is 1.58. The number of amides is 1. The molecule has 3 heterocycles. The minimum Gasteiger partial charge on any atom is -0.474 e. The number of nitrogens with two attached hydrogens (primary N) is 1. The number of hydrogen-bond donors (Lipinski definition) is 2. The molecule has 0 saturated heterocycles. The first-order valence-corrected chi connectivity index (χ1v) is 9.98. The number of anilines is 1. The molecule has 4 rings (SSSR count). The highest BCUT2D eigenvalue weighted by Crippen LogP contribution is 2.29. The van der Waals surface area contributed by atoms with Crippen LogP contribution in [0.4, 0.5) is 10.2 Å². The van der Waals surface area contributed by atoms with Crippen molar-refractivity contribution < 1.29 is 13.9 Å². The maximum absolute atomic E-state index is 13.5. The van der Waals surface area contributed by atoms with Gasteiger partial charge in [0.2, 0.25) is 11.8 Å². The number of rotatable bonds is 8. The van der Waals surface area contributed by atoms with Crippen molar-refractivity contribution >= 4 is 17.6 Å². The van der Waals surface area contributed by atoms with Gasteiger partial charge in [-0.2, -0.15) is 0 Å². The quantitative estimate of drug-likeness (QED) is 0.584. The second kappa shape index (κ2) is 9.34. The number of ether oxygens (including phenoxy) is 1. The first-order chi connectivity index (χ1) is 15.1. The molecule has 0 aliphatic carbocycles. The third-order valence-corrected chi connectivity index (χ3v) is 4.94. The number of pyridine rings is 2. The van der Waals surface area contributed by atoms with Crippen molar-refractivity contribution in [3.8, 4) is 0 Å². The third kappa shape index (κ3) is 4.85. The van der Waals surface area contributed by atoms with E-state index in [4.69, 9.17) is 10.5 Å². The topological polar surface area (TPSA) is 102 Å². The van der Waals surface area contributed by atoms with Crippen molar-refractivity contribution in [1.82, 2.24) is 9.97 Å². The van der Waals surface area contributed by atoms with Crippen LogP contribution in [0.3, 0.4) is 0 Å². The molecule has 3 aromatic rings. The normalized spacial score (nSPS) is 13.9. The molecule has 1 unspecified atom stereocenters. The highest BCUT2D eigenvalue weighted by atomic mass is 19.1. The average Bonchev–Trinajstić information content (AvgIpc) is 3.30. The molecule has 8 heteroatoms. The molecule has 1 atom stereocenters. The van der Waals surface area contributed by atoms with Crippen LogP contribution in [0.25, 0.3) is 0 Å². The molecule has 2 aromatic heterocycles. The number of aliphatic imine (C=N–C) groups is 1. The van der Waals surface area contributed by atoms with E-state index in [1.165, 1.54) is 12.1 Å². The predicted molar refractivity (Wildman–Crippen MR) is 115 cm³/mol. The molecule has 158 valence electrons. The number of nitrogens with one attached hydrogen (secondary N) is 1. The summed E-state index contributed by atoms with van der Waals surface area (Å²) in [5, 5.41) is 3.28. The van der Waals surface area contributed by atoms with E-state index in [0.29, 0.717) is 54.7 Å². The Morgan fingerprint density at radius 2 is 2.13 bits per heavy atom. The standard InChI is InChI=1S/C23H22FN5O2/c24-17-5-1-3-15(13-17)8-10-27-22-18(6-7-19(29-22)23-28-11-12-31-23)20(21(25)30)16-4-2-9-26-14-16/h1-7,9,13-14,20H,8,10-12H2,(H2,25,30)(H,27,29). The Morgan fingerprint density at radius 1 is 1.23 bits per heavy atom. The molecule has 1 aromatic carbocycles. The summed E-state index contributed by atoms with van der Waals surface area (Å²) in [6, 6.07) is 13.6. The molecule has 1 aliphatic heterocycles. The molecule has 31 heavy (non-hydrogen) atoms. The third-order valence-electron chi connectivity index (χ3n) is 4.94. The van der Waals surface area contributed by atoms with E-state index in [2.05, 4.69) is 20.3 Å². The number of benzene rings is 1. The van der Waals surface area contributed by atoms with Crippen molar-refractivity contribution in [1.29, 1.82) is 0 Å². The maximum Gasteiger partial charge on any atom is 0.235 e. The molecule has 0 saturated carbocycles. The highest BCUT2D eigenvalue weighted by molar-refractivity contribution is 5.94. The van der Waals surface area contributed by atoms with E-state index in [-0.39, 0.29) is 5.82 Å². The van der Waals surface area contributed by atoms with Crippen LogP contribution >= 0.6 is 0 Å². The summed E-state index contributed by atoms with van der Waals surface area (Å²) in [7, 11) is 0. The fourth-order valence-electron chi connectivity index (χ4n) is 3.52. The maximum atomic E-state index is 13.5. The first-order valence-electron chi connectivity index (χ1n) is 9.98. The second-order valence-electron chi connectivity index (χ2n) is 7.10. The Balaban J connectivity index is 1.65. The van der Waals surface area contributed by atoms with E-state index in [1.807, 2.05) is 6.07 Å². The van der Waals surface area contributed by atoms with Gasteiger partial charge in [-0.05, 0) is 41.8 Å². The van der Waals surface area contributed by atoms with Crippen LogP contribution in [-0.4, -0.2) is 41.5 Å². The number of carbonyl (C=O) groups excluding carboxylic acids is 1. The van der Waals surface area contributed by atoms with Crippen molar-refractivity contribution in [2.24, 2.45) is 10.7 Å². The summed E-state index contributed by atoms with van der Waals surface area (Å²) >= 11 is 0. The van der Waals surface area contributed by atoms with Gasteiger partial charge in [-0.1, -0.05) is 24.3 Å². The molecule has 7 nitrogen and oxygen atoms in total. The monoisotopic (exact) mass is 419 g/mol. The smallest absolute Gasteiger partial charge is 0.235 e. The van der Waals surface area contributed by atoms with Crippen molar-refractivity contribution in [2.75, 3.05) is 25.0 Å². The zero-order chi connectivity index (χ0) is 21.6. The first kappa shape index (κ1) is 20.5. The Hall–Kier alpha value is -3.81. The van der Waals surface area contributed by atoms with E-state index < -0.39 is 11.8 Å². The van der Waals surface area contributed by atoms with Gasteiger partial charge in [-0.15, -0.1) is 0 Å². The lowest BCUT2D eigenvalue weighted by molar-refractivity contribution is -0.118. The van der Waals surface area contributed by atoms with Gasteiger partial charge < -0.3 is 15.8 Å². The van der Waals surface area contributed by atoms with E-state index >= 15 is 0 Å². The number of aromatic nitrogens is 2. The van der Waals surface area contributed by atoms with Gasteiger partial charge in [0.25, 0.3) is 0 Å². The Kier molecular flexibility index (Phi) is 6.16. The SMILES string of the molecule is NC(=O)C(c1cccnc1)c1ccc(C2=NCCO2)nc1NCCc1cccc(F)c1. The fourth-order valence-corrected chi connectivity index (χ4v) is 3.52. The molecule has 0 fully saturated rings. The molecule has 3 N–H and O–H groups in total. The molecule has 1 aliphatic rings. The minimum atomic E-state index is -0.724. The van der Waals surface area contributed by atoms with Crippen molar-refractivity contribution in [3.05, 3.63) is 89.1 Å². The zero-order valence-corrected chi connectivity index (χ0v) is 16.8. The van der Waals surface area contributed by atoms with E-state index in [1.54, 1.807) is 42.7 Å². The number of nitrogens with zero attached hydrogens (tertiary/aromatic N) is 3. The second-order valence-corrected chi connectivity index (χ2v) is 7.10.